The van der Waals surface area contributed by atoms with Crippen molar-refractivity contribution in [2.24, 2.45) is 5.92 Å². The van der Waals surface area contributed by atoms with E-state index in [9.17, 15) is 0 Å². The molecule has 16 heavy (non-hydrogen) atoms. The molecule has 0 fully saturated rings. The maximum Gasteiger partial charge on any atom is 0.143 e. The minimum Gasteiger partial charge on any atom is -0.489 e. The van der Waals surface area contributed by atoms with Crippen molar-refractivity contribution < 1.29 is 9.47 Å². The topological polar surface area (TPSA) is 44.5 Å². The Hall–Kier alpha value is -0.930. The smallest absolute Gasteiger partial charge is 0.143 e. The second kappa shape index (κ2) is 6.61. The van der Waals surface area contributed by atoms with Gasteiger partial charge in [-0.1, -0.05) is 25.4 Å². The number of ether oxygens (including phenoxy) is 2. The van der Waals surface area contributed by atoms with Crippen LogP contribution in [-0.2, 0) is 4.74 Å². The Kier molecular flexibility index (Phi) is 5.43. The highest BCUT2D eigenvalue weighted by atomic mass is 35.5. The molecule has 1 aromatic rings. The van der Waals surface area contributed by atoms with Gasteiger partial charge >= 0.3 is 0 Å². The lowest BCUT2D eigenvalue weighted by atomic mass is 10.2. The molecule has 0 unspecified atom stereocenters. The molecule has 0 spiro atoms. The zero-order valence-electron chi connectivity index (χ0n) is 9.70. The van der Waals surface area contributed by atoms with E-state index in [-0.39, 0.29) is 0 Å². The van der Waals surface area contributed by atoms with Gasteiger partial charge in [-0.05, 0) is 18.1 Å². The number of benzene rings is 1. The zero-order valence-corrected chi connectivity index (χ0v) is 10.5. The average Bonchev–Trinajstić information content (AvgIpc) is 2.22. The molecule has 0 saturated heterocycles. The van der Waals surface area contributed by atoms with Crippen LogP contribution in [0.2, 0.25) is 5.02 Å². The molecule has 0 saturated carbocycles. The van der Waals surface area contributed by atoms with Gasteiger partial charge in [0.1, 0.15) is 12.4 Å². The van der Waals surface area contributed by atoms with Crippen molar-refractivity contribution in [3.05, 3.63) is 23.2 Å². The number of anilines is 1. The fourth-order valence-electron chi connectivity index (χ4n) is 1.16. The summed E-state index contributed by atoms with van der Waals surface area (Å²) < 4.78 is 10.9. The van der Waals surface area contributed by atoms with Gasteiger partial charge in [-0.15, -0.1) is 0 Å². The van der Waals surface area contributed by atoms with Crippen molar-refractivity contribution in [2.75, 3.05) is 25.6 Å². The molecule has 3 nitrogen and oxygen atoms in total. The van der Waals surface area contributed by atoms with Crippen molar-refractivity contribution in [3.8, 4) is 5.75 Å². The number of rotatable bonds is 6. The lowest BCUT2D eigenvalue weighted by Crippen LogP contribution is -2.10. The maximum atomic E-state index is 5.83. The molecular formula is C12H18ClNO2. The highest BCUT2D eigenvalue weighted by molar-refractivity contribution is 6.30. The Labute approximate surface area is 101 Å². The molecule has 0 amide bonds. The fraction of sp³-hybridized carbons (Fsp3) is 0.500. The van der Waals surface area contributed by atoms with Gasteiger partial charge < -0.3 is 15.2 Å². The molecule has 1 aromatic carbocycles. The molecule has 0 aliphatic heterocycles. The minimum atomic E-state index is 0.483. The van der Waals surface area contributed by atoms with Gasteiger partial charge in [0.2, 0.25) is 0 Å². The standard InChI is InChI=1S/C12H18ClNO2/c1-9(2)8-15-5-6-16-12-7-10(13)3-4-11(12)14/h3-4,7,9H,5-6,8,14H2,1-2H3. The van der Waals surface area contributed by atoms with E-state index in [1.165, 1.54) is 0 Å². The molecule has 0 aromatic heterocycles. The second-order valence-corrected chi connectivity index (χ2v) is 4.44. The molecule has 1 rings (SSSR count). The zero-order chi connectivity index (χ0) is 12.0. The molecule has 2 N–H and O–H groups in total. The van der Waals surface area contributed by atoms with Crippen LogP contribution in [0.5, 0.6) is 5.75 Å². The molecule has 90 valence electrons. The molecule has 0 aliphatic rings. The maximum absolute atomic E-state index is 5.83. The number of nitrogen functional groups attached to an aromatic ring is 1. The van der Waals surface area contributed by atoms with Gasteiger partial charge in [0.15, 0.2) is 0 Å². The Balaban J connectivity index is 2.29. The number of hydrogen-bond donors (Lipinski definition) is 1. The summed E-state index contributed by atoms with van der Waals surface area (Å²) in [4.78, 5) is 0. The summed E-state index contributed by atoms with van der Waals surface area (Å²) in [6.45, 7) is 6.00. The lowest BCUT2D eigenvalue weighted by Gasteiger charge is -2.10. The Morgan fingerprint density at radius 2 is 2.06 bits per heavy atom. The van der Waals surface area contributed by atoms with E-state index in [4.69, 9.17) is 26.8 Å². The van der Waals surface area contributed by atoms with Crippen LogP contribution in [0.25, 0.3) is 0 Å². The summed E-state index contributed by atoms with van der Waals surface area (Å²) in [5.41, 5.74) is 6.32. The summed E-state index contributed by atoms with van der Waals surface area (Å²) in [6, 6.07) is 5.17. The summed E-state index contributed by atoms with van der Waals surface area (Å²) >= 11 is 5.83. The Bertz CT molecular complexity index is 329. The summed E-state index contributed by atoms with van der Waals surface area (Å²) in [7, 11) is 0. The fourth-order valence-corrected chi connectivity index (χ4v) is 1.32. The van der Waals surface area contributed by atoms with Crippen LogP contribution in [-0.4, -0.2) is 19.8 Å². The van der Waals surface area contributed by atoms with E-state index in [1.807, 2.05) is 0 Å². The van der Waals surface area contributed by atoms with Gasteiger partial charge in [-0.25, -0.2) is 0 Å². The lowest BCUT2D eigenvalue weighted by molar-refractivity contribution is 0.0821. The van der Waals surface area contributed by atoms with E-state index >= 15 is 0 Å². The van der Waals surface area contributed by atoms with Crippen LogP contribution in [0.1, 0.15) is 13.8 Å². The molecular weight excluding hydrogens is 226 g/mol. The third-order valence-corrected chi connectivity index (χ3v) is 2.15. The first-order chi connectivity index (χ1) is 7.59. The third-order valence-electron chi connectivity index (χ3n) is 1.91. The highest BCUT2D eigenvalue weighted by Gasteiger charge is 2.01. The van der Waals surface area contributed by atoms with Crippen molar-refractivity contribution >= 4 is 17.3 Å². The first-order valence-corrected chi connectivity index (χ1v) is 5.73. The van der Waals surface area contributed by atoms with Crippen LogP contribution < -0.4 is 10.5 Å². The van der Waals surface area contributed by atoms with Crippen molar-refractivity contribution in [2.45, 2.75) is 13.8 Å². The average molecular weight is 244 g/mol. The first kappa shape index (κ1) is 13.1. The first-order valence-electron chi connectivity index (χ1n) is 5.35. The van der Waals surface area contributed by atoms with E-state index in [0.717, 1.165) is 6.61 Å². The molecule has 0 heterocycles. The molecule has 0 bridgehead atoms. The van der Waals surface area contributed by atoms with E-state index in [0.29, 0.717) is 35.6 Å². The van der Waals surface area contributed by atoms with Crippen LogP contribution in [0.15, 0.2) is 18.2 Å². The quantitative estimate of drug-likeness (QED) is 0.617. The van der Waals surface area contributed by atoms with E-state index in [1.54, 1.807) is 18.2 Å². The Morgan fingerprint density at radius 1 is 1.31 bits per heavy atom. The Morgan fingerprint density at radius 3 is 2.75 bits per heavy atom. The van der Waals surface area contributed by atoms with Crippen molar-refractivity contribution in [1.29, 1.82) is 0 Å². The second-order valence-electron chi connectivity index (χ2n) is 4.00. The van der Waals surface area contributed by atoms with Gasteiger partial charge in [0.25, 0.3) is 0 Å². The van der Waals surface area contributed by atoms with Gasteiger partial charge in [-0.3, -0.25) is 0 Å². The summed E-state index contributed by atoms with van der Waals surface area (Å²) in [6.07, 6.45) is 0. The predicted molar refractivity (Wildman–Crippen MR) is 67.0 cm³/mol. The van der Waals surface area contributed by atoms with Crippen molar-refractivity contribution in [3.63, 3.8) is 0 Å². The number of nitrogens with two attached hydrogens (primary N) is 1. The molecule has 0 aliphatic carbocycles. The number of halogens is 1. The molecule has 4 heteroatoms. The number of hydrogen-bond acceptors (Lipinski definition) is 3. The van der Waals surface area contributed by atoms with E-state index < -0.39 is 0 Å². The molecule has 0 atom stereocenters. The summed E-state index contributed by atoms with van der Waals surface area (Å²) in [5, 5.41) is 0.618. The van der Waals surface area contributed by atoms with Crippen LogP contribution in [0.4, 0.5) is 5.69 Å². The SMILES string of the molecule is CC(C)COCCOc1cc(Cl)ccc1N. The van der Waals surface area contributed by atoms with Crippen molar-refractivity contribution in [1.82, 2.24) is 0 Å². The summed E-state index contributed by atoms with van der Waals surface area (Å²) in [5.74, 6) is 1.15. The minimum absolute atomic E-state index is 0.483. The van der Waals surface area contributed by atoms with Gasteiger partial charge in [0.05, 0.1) is 12.3 Å². The third kappa shape index (κ3) is 4.73. The van der Waals surface area contributed by atoms with Gasteiger partial charge in [-0.2, -0.15) is 0 Å². The van der Waals surface area contributed by atoms with Crippen LogP contribution in [0, 0.1) is 5.92 Å². The largest absolute Gasteiger partial charge is 0.489 e. The molecule has 0 radical (unpaired) electrons. The van der Waals surface area contributed by atoms with Crippen LogP contribution in [0.3, 0.4) is 0 Å². The van der Waals surface area contributed by atoms with E-state index in [2.05, 4.69) is 13.8 Å². The monoisotopic (exact) mass is 243 g/mol. The van der Waals surface area contributed by atoms with Crippen LogP contribution >= 0.6 is 11.6 Å². The predicted octanol–water partition coefficient (Wildman–Crippen LogP) is 2.97. The normalized spacial score (nSPS) is 10.8. The highest BCUT2D eigenvalue weighted by Crippen LogP contribution is 2.25. The van der Waals surface area contributed by atoms with Gasteiger partial charge in [0, 0.05) is 17.7 Å².